The van der Waals surface area contributed by atoms with Crippen molar-refractivity contribution >= 4 is 34.7 Å². The lowest BCUT2D eigenvalue weighted by atomic mass is 9.88. The average Bonchev–Trinajstić information content (AvgIpc) is 2.67. The quantitative estimate of drug-likeness (QED) is 0.555. The van der Waals surface area contributed by atoms with E-state index in [4.69, 9.17) is 23.8 Å². The first-order chi connectivity index (χ1) is 12.9. The molecule has 1 heterocycles. The molecule has 0 spiro atoms. The van der Waals surface area contributed by atoms with Crippen LogP contribution in [0.25, 0.3) is 0 Å². The summed E-state index contributed by atoms with van der Waals surface area (Å²) in [7, 11) is 0. The molecule has 140 valence electrons. The molecule has 0 aromatic heterocycles. The van der Waals surface area contributed by atoms with Crippen LogP contribution in [0.3, 0.4) is 0 Å². The first-order valence-electron chi connectivity index (χ1n) is 8.81. The summed E-state index contributed by atoms with van der Waals surface area (Å²) < 4.78 is 0. The Hall–Kier alpha value is -2.37. The molecule has 0 aliphatic carbocycles. The molecule has 1 unspecified atom stereocenters. The van der Waals surface area contributed by atoms with Crippen LogP contribution in [0, 0.1) is 0 Å². The van der Waals surface area contributed by atoms with Gasteiger partial charge in [0.1, 0.15) is 5.75 Å². The third kappa shape index (κ3) is 3.84. The number of nitrogens with one attached hydrogen (secondary N) is 1. The average molecular weight is 401 g/mol. The van der Waals surface area contributed by atoms with Gasteiger partial charge in [-0.05, 0) is 43.8 Å². The lowest BCUT2D eigenvalue weighted by molar-refractivity contribution is 0.102. The summed E-state index contributed by atoms with van der Waals surface area (Å²) in [5.74, 6) is -0.0385. The van der Waals surface area contributed by atoms with Crippen LogP contribution in [0.2, 0.25) is 5.02 Å². The van der Waals surface area contributed by atoms with Crippen molar-refractivity contribution in [2.75, 3.05) is 6.54 Å². The van der Waals surface area contributed by atoms with Crippen LogP contribution in [0.5, 0.6) is 5.75 Å². The molecule has 0 amide bonds. The van der Waals surface area contributed by atoms with E-state index in [1.165, 1.54) is 6.07 Å². The number of thiocarbonyl (C=S) groups is 1. The standard InChI is InChI=1S/C21H21ClN2O2S/c1-3-11-24-13(2)18(20(26)14-7-5-4-6-8-14)19(23-21(24)27)16-12-15(22)9-10-17(16)25/h4-10,12,19,25H,3,11H2,1-2H3,(H,23,27). The summed E-state index contributed by atoms with van der Waals surface area (Å²) in [6.45, 7) is 4.66. The summed E-state index contributed by atoms with van der Waals surface area (Å²) in [6.07, 6.45) is 0.888. The Bertz CT molecular complexity index is 912. The van der Waals surface area contributed by atoms with Gasteiger partial charge in [0.25, 0.3) is 0 Å². The fraction of sp³-hybridized carbons (Fsp3) is 0.238. The second-order valence-corrected chi connectivity index (χ2v) is 7.25. The van der Waals surface area contributed by atoms with E-state index in [2.05, 4.69) is 12.2 Å². The summed E-state index contributed by atoms with van der Waals surface area (Å²) in [5, 5.41) is 14.6. The van der Waals surface area contributed by atoms with Gasteiger partial charge in [0, 0.05) is 34.0 Å². The second-order valence-electron chi connectivity index (χ2n) is 6.43. The van der Waals surface area contributed by atoms with E-state index in [1.807, 2.05) is 30.0 Å². The van der Waals surface area contributed by atoms with Crippen LogP contribution in [0.4, 0.5) is 0 Å². The number of hydrogen-bond donors (Lipinski definition) is 2. The van der Waals surface area contributed by atoms with E-state index in [-0.39, 0.29) is 11.5 Å². The molecule has 1 aliphatic rings. The van der Waals surface area contributed by atoms with Crippen LogP contribution < -0.4 is 5.32 Å². The SMILES string of the molecule is CCCN1C(=S)NC(c2cc(Cl)ccc2O)C(C(=O)c2ccccc2)=C1C. The van der Waals surface area contributed by atoms with Crippen molar-refractivity contribution in [3.8, 4) is 5.75 Å². The summed E-state index contributed by atoms with van der Waals surface area (Å²) in [6, 6.07) is 13.3. The van der Waals surface area contributed by atoms with E-state index in [0.29, 0.717) is 33.4 Å². The Labute approximate surface area is 169 Å². The van der Waals surface area contributed by atoms with Gasteiger partial charge in [0.2, 0.25) is 0 Å². The predicted octanol–water partition coefficient (Wildman–Crippen LogP) is 4.84. The number of hydrogen-bond acceptors (Lipinski definition) is 3. The van der Waals surface area contributed by atoms with Gasteiger partial charge in [-0.15, -0.1) is 0 Å². The fourth-order valence-electron chi connectivity index (χ4n) is 3.30. The van der Waals surface area contributed by atoms with Crippen molar-refractivity contribution < 1.29 is 9.90 Å². The van der Waals surface area contributed by atoms with Crippen molar-refractivity contribution in [1.82, 2.24) is 10.2 Å². The van der Waals surface area contributed by atoms with Crippen molar-refractivity contribution in [3.05, 3.63) is 76.0 Å². The van der Waals surface area contributed by atoms with Crippen LogP contribution in [0.1, 0.15) is 42.2 Å². The molecule has 1 atom stereocenters. The van der Waals surface area contributed by atoms with E-state index < -0.39 is 6.04 Å². The highest BCUT2D eigenvalue weighted by molar-refractivity contribution is 7.80. The molecule has 0 fully saturated rings. The number of phenols is 1. The predicted molar refractivity (Wildman–Crippen MR) is 112 cm³/mol. The first-order valence-corrected chi connectivity index (χ1v) is 9.59. The minimum absolute atomic E-state index is 0.0646. The van der Waals surface area contributed by atoms with E-state index in [1.54, 1.807) is 24.3 Å². The number of allylic oxidation sites excluding steroid dienone is 1. The van der Waals surface area contributed by atoms with E-state index in [0.717, 1.165) is 12.1 Å². The zero-order valence-corrected chi connectivity index (χ0v) is 16.8. The maximum absolute atomic E-state index is 13.4. The largest absolute Gasteiger partial charge is 0.508 e. The molecular weight excluding hydrogens is 380 g/mol. The molecule has 6 heteroatoms. The summed E-state index contributed by atoms with van der Waals surface area (Å²) in [4.78, 5) is 15.3. The minimum atomic E-state index is -0.572. The van der Waals surface area contributed by atoms with Crippen molar-refractivity contribution in [1.29, 1.82) is 0 Å². The molecule has 3 rings (SSSR count). The smallest absolute Gasteiger partial charge is 0.193 e. The van der Waals surface area contributed by atoms with Crippen molar-refractivity contribution in [3.63, 3.8) is 0 Å². The monoisotopic (exact) mass is 400 g/mol. The second kappa shape index (κ2) is 8.11. The highest BCUT2D eigenvalue weighted by Crippen LogP contribution is 2.37. The van der Waals surface area contributed by atoms with Crippen LogP contribution in [-0.2, 0) is 0 Å². The van der Waals surface area contributed by atoms with Crippen LogP contribution >= 0.6 is 23.8 Å². The number of carbonyl (C=O) groups is 1. The Balaban J connectivity index is 2.17. The topological polar surface area (TPSA) is 52.6 Å². The van der Waals surface area contributed by atoms with Gasteiger partial charge < -0.3 is 15.3 Å². The van der Waals surface area contributed by atoms with Crippen LogP contribution in [0.15, 0.2) is 59.8 Å². The molecule has 0 radical (unpaired) electrons. The molecule has 0 saturated carbocycles. The van der Waals surface area contributed by atoms with Gasteiger partial charge in [0.15, 0.2) is 10.9 Å². The number of carbonyl (C=O) groups excluding carboxylic acids is 1. The number of aromatic hydroxyl groups is 1. The van der Waals surface area contributed by atoms with Gasteiger partial charge in [-0.1, -0.05) is 48.9 Å². The Morgan fingerprint density at radius 3 is 2.63 bits per heavy atom. The molecule has 1 aliphatic heterocycles. The van der Waals surface area contributed by atoms with Gasteiger partial charge in [-0.25, -0.2) is 0 Å². The lowest BCUT2D eigenvalue weighted by Crippen LogP contribution is -2.47. The van der Waals surface area contributed by atoms with Crippen LogP contribution in [-0.4, -0.2) is 27.4 Å². The molecule has 2 aromatic carbocycles. The highest BCUT2D eigenvalue weighted by atomic mass is 35.5. The number of Topliss-reactive ketones (excluding diaryl/α,β-unsaturated/α-hetero) is 1. The van der Waals surface area contributed by atoms with E-state index >= 15 is 0 Å². The maximum atomic E-state index is 13.4. The third-order valence-electron chi connectivity index (χ3n) is 4.62. The zero-order valence-electron chi connectivity index (χ0n) is 15.2. The number of nitrogens with zero attached hydrogens (tertiary/aromatic N) is 1. The molecule has 4 nitrogen and oxygen atoms in total. The van der Waals surface area contributed by atoms with Gasteiger partial charge in [-0.2, -0.15) is 0 Å². The summed E-state index contributed by atoms with van der Waals surface area (Å²) in [5.41, 5.74) is 2.46. The molecule has 0 saturated heterocycles. The van der Waals surface area contributed by atoms with Gasteiger partial charge in [-0.3, -0.25) is 4.79 Å². The Kier molecular flexibility index (Phi) is 5.82. The lowest BCUT2D eigenvalue weighted by Gasteiger charge is -2.38. The zero-order chi connectivity index (χ0) is 19.6. The normalized spacial score (nSPS) is 17.1. The fourth-order valence-corrected chi connectivity index (χ4v) is 3.83. The minimum Gasteiger partial charge on any atom is -0.508 e. The maximum Gasteiger partial charge on any atom is 0.193 e. The first kappa shape index (κ1) is 19.4. The molecular formula is C21H21ClN2O2S. The number of ketones is 1. The highest BCUT2D eigenvalue weighted by Gasteiger charge is 2.35. The van der Waals surface area contributed by atoms with Gasteiger partial charge in [0.05, 0.1) is 6.04 Å². The molecule has 2 N–H and O–H groups in total. The number of rotatable bonds is 5. The van der Waals surface area contributed by atoms with E-state index in [9.17, 15) is 9.90 Å². The summed E-state index contributed by atoms with van der Waals surface area (Å²) >= 11 is 11.7. The number of phenolic OH excluding ortho intramolecular Hbond substituents is 1. The molecule has 0 bridgehead atoms. The Morgan fingerprint density at radius 1 is 1.26 bits per heavy atom. The molecule has 2 aromatic rings. The van der Waals surface area contributed by atoms with Gasteiger partial charge >= 0.3 is 0 Å². The Morgan fingerprint density at radius 2 is 1.96 bits per heavy atom. The number of halogens is 1. The number of benzene rings is 2. The third-order valence-corrected chi connectivity index (χ3v) is 5.20. The van der Waals surface area contributed by atoms with Crippen molar-refractivity contribution in [2.24, 2.45) is 0 Å². The molecule has 27 heavy (non-hydrogen) atoms. The van der Waals surface area contributed by atoms with Crippen molar-refractivity contribution in [2.45, 2.75) is 26.3 Å².